The van der Waals surface area contributed by atoms with Crippen LogP contribution in [-0.4, -0.2) is 43.9 Å². The maximum absolute atomic E-state index is 12.6. The van der Waals surface area contributed by atoms with E-state index in [1.165, 1.54) is 11.0 Å². The fourth-order valence-corrected chi connectivity index (χ4v) is 3.16. The van der Waals surface area contributed by atoms with Crippen LogP contribution in [0, 0.1) is 0 Å². The maximum atomic E-state index is 12.6. The van der Waals surface area contributed by atoms with Crippen molar-refractivity contribution in [3.8, 4) is 5.75 Å². The van der Waals surface area contributed by atoms with Crippen molar-refractivity contribution in [3.05, 3.63) is 24.3 Å². The molecule has 3 atom stereocenters. The minimum atomic E-state index is -2.92. The summed E-state index contributed by atoms with van der Waals surface area (Å²) < 4.78 is 35.1. The second-order valence-corrected chi connectivity index (χ2v) is 5.82. The van der Waals surface area contributed by atoms with E-state index in [1.54, 1.807) is 18.2 Å². The molecule has 3 rings (SSSR count). The zero-order chi connectivity index (χ0) is 16.4. The first-order valence-electron chi connectivity index (χ1n) is 7.79. The molecule has 2 aliphatic rings. The van der Waals surface area contributed by atoms with Gasteiger partial charge < -0.3 is 19.7 Å². The molecule has 0 aliphatic carbocycles. The summed E-state index contributed by atoms with van der Waals surface area (Å²) in [6.07, 6.45) is 1.58. The Morgan fingerprint density at radius 2 is 2.13 bits per heavy atom. The minimum Gasteiger partial charge on any atom is -0.433 e. The number of para-hydroxylation sites is 2. The molecule has 0 aromatic heterocycles. The van der Waals surface area contributed by atoms with Crippen LogP contribution in [0.2, 0.25) is 0 Å². The third kappa shape index (κ3) is 3.45. The van der Waals surface area contributed by atoms with Crippen LogP contribution in [0.5, 0.6) is 5.75 Å². The molecular formula is C16H20F2N2O3. The van der Waals surface area contributed by atoms with Gasteiger partial charge in [-0.05, 0) is 31.9 Å². The van der Waals surface area contributed by atoms with Gasteiger partial charge in [0.15, 0.2) is 0 Å². The van der Waals surface area contributed by atoms with Gasteiger partial charge in [0.2, 0.25) is 5.91 Å². The quantitative estimate of drug-likeness (QED) is 0.901. The number of ether oxygens (including phenoxy) is 2. The molecule has 7 heteroatoms. The molecule has 1 aromatic rings. The van der Waals surface area contributed by atoms with Gasteiger partial charge in [0, 0.05) is 19.2 Å². The van der Waals surface area contributed by atoms with Crippen LogP contribution in [0.25, 0.3) is 0 Å². The Labute approximate surface area is 133 Å². The number of rotatable bonds is 5. The molecule has 0 bridgehead atoms. The van der Waals surface area contributed by atoms with E-state index >= 15 is 0 Å². The molecule has 126 valence electrons. The van der Waals surface area contributed by atoms with Crippen molar-refractivity contribution < 1.29 is 23.0 Å². The van der Waals surface area contributed by atoms with E-state index in [1.807, 2.05) is 6.92 Å². The Morgan fingerprint density at radius 1 is 1.35 bits per heavy atom. The number of amides is 1. The SMILES string of the molecule is C[C@@H]1OCC[C@H]1N[C@H]1CCN(c2ccccc2OC(F)F)C1=O. The summed E-state index contributed by atoms with van der Waals surface area (Å²) in [4.78, 5) is 14.1. The lowest BCUT2D eigenvalue weighted by molar-refractivity contribution is -0.119. The Bertz CT molecular complexity index is 570. The van der Waals surface area contributed by atoms with E-state index in [2.05, 4.69) is 10.1 Å². The highest BCUT2D eigenvalue weighted by Gasteiger charge is 2.37. The summed E-state index contributed by atoms with van der Waals surface area (Å²) in [5.41, 5.74) is 0.387. The number of nitrogens with zero attached hydrogens (tertiary/aromatic N) is 1. The number of benzene rings is 1. The Hall–Kier alpha value is -1.73. The molecule has 0 spiro atoms. The summed E-state index contributed by atoms with van der Waals surface area (Å²) in [7, 11) is 0. The van der Waals surface area contributed by atoms with Crippen molar-refractivity contribution in [1.82, 2.24) is 5.32 Å². The standard InChI is InChI=1S/C16H20F2N2O3/c1-10-11(7-9-22-10)19-12-6-8-20(15(12)21)13-4-2-3-5-14(13)23-16(17)18/h2-5,10-12,16,19H,6-9H2,1H3/t10-,11+,12-/m0/s1. The van der Waals surface area contributed by atoms with E-state index in [9.17, 15) is 13.6 Å². The van der Waals surface area contributed by atoms with Gasteiger partial charge in [0.25, 0.3) is 0 Å². The Kier molecular flexibility index (Phi) is 4.77. The van der Waals surface area contributed by atoms with Gasteiger partial charge in [-0.15, -0.1) is 0 Å². The number of carbonyl (C=O) groups is 1. The van der Waals surface area contributed by atoms with Gasteiger partial charge in [-0.1, -0.05) is 12.1 Å². The zero-order valence-electron chi connectivity index (χ0n) is 12.9. The van der Waals surface area contributed by atoms with Gasteiger partial charge in [-0.25, -0.2) is 0 Å². The second kappa shape index (κ2) is 6.80. The molecule has 0 radical (unpaired) electrons. The molecule has 2 heterocycles. The van der Waals surface area contributed by atoms with Crippen molar-refractivity contribution in [2.45, 2.75) is 44.6 Å². The number of alkyl halides is 2. The first-order chi connectivity index (χ1) is 11.1. The molecule has 5 nitrogen and oxygen atoms in total. The lowest BCUT2D eigenvalue weighted by Gasteiger charge is -2.22. The molecule has 2 saturated heterocycles. The van der Waals surface area contributed by atoms with Gasteiger partial charge in [-0.3, -0.25) is 4.79 Å². The Morgan fingerprint density at radius 3 is 2.83 bits per heavy atom. The van der Waals surface area contributed by atoms with Crippen molar-refractivity contribution in [2.24, 2.45) is 0 Å². The molecule has 1 aromatic carbocycles. The largest absolute Gasteiger partial charge is 0.433 e. The number of carbonyl (C=O) groups excluding carboxylic acids is 1. The van der Waals surface area contributed by atoms with E-state index in [-0.39, 0.29) is 29.8 Å². The monoisotopic (exact) mass is 326 g/mol. The van der Waals surface area contributed by atoms with Crippen LogP contribution in [0.15, 0.2) is 24.3 Å². The summed E-state index contributed by atoms with van der Waals surface area (Å²) in [5.74, 6) is -0.0940. The number of anilines is 1. The van der Waals surface area contributed by atoms with Gasteiger partial charge in [-0.2, -0.15) is 8.78 Å². The fourth-order valence-electron chi connectivity index (χ4n) is 3.16. The summed E-state index contributed by atoms with van der Waals surface area (Å²) in [6, 6.07) is 6.21. The van der Waals surface area contributed by atoms with E-state index in [0.29, 0.717) is 25.3 Å². The van der Waals surface area contributed by atoms with Gasteiger partial charge in [0.05, 0.1) is 17.8 Å². The molecule has 1 N–H and O–H groups in total. The first kappa shape index (κ1) is 16.1. The summed E-state index contributed by atoms with van der Waals surface area (Å²) in [6.45, 7) is 0.226. The van der Waals surface area contributed by atoms with Crippen LogP contribution in [0.3, 0.4) is 0 Å². The summed E-state index contributed by atoms with van der Waals surface area (Å²) >= 11 is 0. The lowest BCUT2D eigenvalue weighted by Crippen LogP contribution is -2.46. The average molecular weight is 326 g/mol. The number of halogens is 2. The highest BCUT2D eigenvalue weighted by atomic mass is 19.3. The van der Waals surface area contributed by atoms with Crippen molar-refractivity contribution in [2.75, 3.05) is 18.1 Å². The predicted octanol–water partition coefficient (Wildman–Crippen LogP) is 2.16. The second-order valence-electron chi connectivity index (χ2n) is 5.82. The van der Waals surface area contributed by atoms with Crippen LogP contribution < -0.4 is 15.0 Å². The van der Waals surface area contributed by atoms with Crippen LogP contribution in [-0.2, 0) is 9.53 Å². The van der Waals surface area contributed by atoms with Crippen LogP contribution >= 0.6 is 0 Å². The molecule has 0 saturated carbocycles. The van der Waals surface area contributed by atoms with Crippen molar-refractivity contribution in [1.29, 1.82) is 0 Å². The number of nitrogens with one attached hydrogen (secondary N) is 1. The van der Waals surface area contributed by atoms with Crippen molar-refractivity contribution in [3.63, 3.8) is 0 Å². The maximum Gasteiger partial charge on any atom is 0.387 e. The van der Waals surface area contributed by atoms with E-state index < -0.39 is 6.61 Å². The Balaban J connectivity index is 1.71. The molecule has 2 aliphatic heterocycles. The number of hydrogen-bond donors (Lipinski definition) is 1. The highest BCUT2D eigenvalue weighted by Crippen LogP contribution is 2.32. The lowest BCUT2D eigenvalue weighted by atomic mass is 10.1. The van der Waals surface area contributed by atoms with Gasteiger partial charge in [0.1, 0.15) is 5.75 Å². The first-order valence-corrected chi connectivity index (χ1v) is 7.79. The third-order valence-electron chi connectivity index (χ3n) is 4.37. The van der Waals surface area contributed by atoms with E-state index in [0.717, 1.165) is 6.42 Å². The van der Waals surface area contributed by atoms with Gasteiger partial charge >= 0.3 is 6.61 Å². The van der Waals surface area contributed by atoms with Crippen LogP contribution in [0.4, 0.5) is 14.5 Å². The molecular weight excluding hydrogens is 306 g/mol. The third-order valence-corrected chi connectivity index (χ3v) is 4.37. The molecule has 23 heavy (non-hydrogen) atoms. The number of hydrogen-bond acceptors (Lipinski definition) is 4. The smallest absolute Gasteiger partial charge is 0.387 e. The minimum absolute atomic E-state index is 0.0223. The average Bonchev–Trinajstić information content (AvgIpc) is 3.07. The molecule has 2 fully saturated rings. The topological polar surface area (TPSA) is 50.8 Å². The summed E-state index contributed by atoms with van der Waals surface area (Å²) in [5, 5.41) is 3.33. The van der Waals surface area contributed by atoms with Crippen LogP contribution in [0.1, 0.15) is 19.8 Å². The predicted molar refractivity (Wildman–Crippen MR) is 80.8 cm³/mol. The normalized spacial score (nSPS) is 27.9. The fraction of sp³-hybridized carbons (Fsp3) is 0.562. The van der Waals surface area contributed by atoms with Crippen molar-refractivity contribution >= 4 is 11.6 Å². The van der Waals surface area contributed by atoms with E-state index in [4.69, 9.17) is 4.74 Å². The zero-order valence-corrected chi connectivity index (χ0v) is 12.9. The molecule has 0 unspecified atom stereocenters. The molecule has 1 amide bonds. The highest BCUT2D eigenvalue weighted by molar-refractivity contribution is 6.00.